The highest BCUT2D eigenvalue weighted by atomic mass is 16.3. The van der Waals surface area contributed by atoms with E-state index in [1.807, 2.05) is 12.1 Å². The summed E-state index contributed by atoms with van der Waals surface area (Å²) in [5.74, 6) is 3.28. The van der Waals surface area contributed by atoms with Gasteiger partial charge in [0.2, 0.25) is 0 Å². The first kappa shape index (κ1) is 14.3. The van der Waals surface area contributed by atoms with Gasteiger partial charge in [-0.3, -0.25) is 0 Å². The van der Waals surface area contributed by atoms with Gasteiger partial charge in [0.1, 0.15) is 5.76 Å². The highest BCUT2D eigenvalue weighted by Crippen LogP contribution is 2.19. The zero-order chi connectivity index (χ0) is 12.8. The van der Waals surface area contributed by atoms with Gasteiger partial charge >= 0.3 is 0 Å². The summed E-state index contributed by atoms with van der Waals surface area (Å²) in [5, 5.41) is 3.62. The number of furan rings is 1. The fraction of sp³-hybridized carbons (Fsp3) is 0.733. The van der Waals surface area contributed by atoms with Crippen LogP contribution >= 0.6 is 0 Å². The predicted molar refractivity (Wildman–Crippen MR) is 73.0 cm³/mol. The molecular weight excluding hydrogens is 210 g/mol. The second kappa shape index (κ2) is 6.85. The highest BCUT2D eigenvalue weighted by Gasteiger charge is 2.18. The van der Waals surface area contributed by atoms with Gasteiger partial charge in [0.15, 0.2) is 0 Å². The van der Waals surface area contributed by atoms with E-state index >= 15 is 0 Å². The highest BCUT2D eigenvalue weighted by molar-refractivity contribution is 4.99. The first-order valence-corrected chi connectivity index (χ1v) is 6.76. The van der Waals surface area contributed by atoms with Gasteiger partial charge in [-0.2, -0.15) is 0 Å². The van der Waals surface area contributed by atoms with Gasteiger partial charge in [0, 0.05) is 12.5 Å². The van der Waals surface area contributed by atoms with E-state index in [9.17, 15) is 0 Å². The second-order valence-electron chi connectivity index (χ2n) is 5.74. The molecule has 1 N–H and O–H groups in total. The molecule has 0 aliphatic rings. The van der Waals surface area contributed by atoms with Crippen LogP contribution < -0.4 is 5.32 Å². The van der Waals surface area contributed by atoms with Gasteiger partial charge in [-0.05, 0) is 43.4 Å². The molecule has 1 rings (SSSR count). The lowest BCUT2D eigenvalue weighted by atomic mass is 9.85. The maximum Gasteiger partial charge on any atom is 0.105 e. The summed E-state index contributed by atoms with van der Waals surface area (Å²) >= 11 is 0. The standard InChI is InChI=1S/C15H27NO/c1-11(2)15(12(3)4)10-16-13(5)9-14-7-6-8-17-14/h6-8,11-13,15-16H,9-10H2,1-5H3. The Morgan fingerprint density at radius 3 is 2.24 bits per heavy atom. The molecule has 17 heavy (non-hydrogen) atoms. The van der Waals surface area contributed by atoms with Crippen LogP contribution in [0.3, 0.4) is 0 Å². The SMILES string of the molecule is CC(Cc1ccco1)NCC(C(C)C)C(C)C. The molecule has 1 aromatic rings. The van der Waals surface area contributed by atoms with Crippen LogP contribution in [-0.4, -0.2) is 12.6 Å². The van der Waals surface area contributed by atoms with Crippen LogP contribution in [0.4, 0.5) is 0 Å². The third-order valence-electron chi connectivity index (χ3n) is 3.50. The van der Waals surface area contributed by atoms with E-state index in [2.05, 4.69) is 39.9 Å². The van der Waals surface area contributed by atoms with E-state index in [-0.39, 0.29) is 0 Å². The molecule has 0 radical (unpaired) electrons. The van der Waals surface area contributed by atoms with E-state index in [0.29, 0.717) is 6.04 Å². The van der Waals surface area contributed by atoms with Gasteiger partial charge in [0.05, 0.1) is 6.26 Å². The minimum atomic E-state index is 0.473. The Hall–Kier alpha value is -0.760. The van der Waals surface area contributed by atoms with Crippen molar-refractivity contribution in [3.05, 3.63) is 24.2 Å². The lowest BCUT2D eigenvalue weighted by Crippen LogP contribution is -2.36. The normalized spacial score (nSPS) is 13.9. The Kier molecular flexibility index (Phi) is 5.76. The summed E-state index contributed by atoms with van der Waals surface area (Å²) in [6, 6.07) is 4.47. The zero-order valence-electron chi connectivity index (χ0n) is 11.9. The summed E-state index contributed by atoms with van der Waals surface area (Å²) in [7, 11) is 0. The van der Waals surface area contributed by atoms with Crippen LogP contribution in [-0.2, 0) is 6.42 Å². The summed E-state index contributed by atoms with van der Waals surface area (Å²) in [5.41, 5.74) is 0. The maximum absolute atomic E-state index is 5.37. The molecule has 0 aliphatic heterocycles. The van der Waals surface area contributed by atoms with E-state index in [1.54, 1.807) is 6.26 Å². The molecule has 1 atom stereocenters. The van der Waals surface area contributed by atoms with E-state index < -0.39 is 0 Å². The minimum Gasteiger partial charge on any atom is -0.469 e. The summed E-state index contributed by atoms with van der Waals surface area (Å²) < 4.78 is 5.37. The molecule has 1 aromatic heterocycles. The smallest absolute Gasteiger partial charge is 0.105 e. The molecule has 2 heteroatoms. The minimum absolute atomic E-state index is 0.473. The zero-order valence-corrected chi connectivity index (χ0v) is 11.9. The third-order valence-corrected chi connectivity index (χ3v) is 3.50. The van der Waals surface area contributed by atoms with Gasteiger partial charge < -0.3 is 9.73 Å². The average Bonchev–Trinajstić information content (AvgIpc) is 2.69. The van der Waals surface area contributed by atoms with Crippen molar-refractivity contribution in [1.82, 2.24) is 5.32 Å². The molecule has 0 aliphatic carbocycles. The molecule has 0 amide bonds. The molecule has 0 saturated heterocycles. The first-order valence-electron chi connectivity index (χ1n) is 6.76. The van der Waals surface area contributed by atoms with Gasteiger partial charge in [-0.25, -0.2) is 0 Å². The van der Waals surface area contributed by atoms with Crippen LogP contribution in [0.15, 0.2) is 22.8 Å². The number of rotatable bonds is 7. The second-order valence-corrected chi connectivity index (χ2v) is 5.74. The van der Waals surface area contributed by atoms with Crippen molar-refractivity contribution in [2.75, 3.05) is 6.54 Å². The Morgan fingerprint density at radius 2 is 1.76 bits per heavy atom. The molecular formula is C15H27NO. The Labute approximate surface area is 106 Å². The molecule has 1 heterocycles. The Balaban J connectivity index is 2.33. The Morgan fingerprint density at radius 1 is 1.12 bits per heavy atom. The van der Waals surface area contributed by atoms with Gasteiger partial charge in [0.25, 0.3) is 0 Å². The van der Waals surface area contributed by atoms with Crippen molar-refractivity contribution in [2.24, 2.45) is 17.8 Å². The largest absolute Gasteiger partial charge is 0.469 e. The fourth-order valence-electron chi connectivity index (χ4n) is 2.38. The van der Waals surface area contributed by atoms with E-state index in [0.717, 1.165) is 36.5 Å². The van der Waals surface area contributed by atoms with Crippen molar-refractivity contribution in [3.63, 3.8) is 0 Å². The molecule has 1 unspecified atom stereocenters. The summed E-state index contributed by atoms with van der Waals surface area (Å²) in [6.45, 7) is 12.6. The number of hydrogen-bond acceptors (Lipinski definition) is 2. The topological polar surface area (TPSA) is 25.2 Å². The number of nitrogens with one attached hydrogen (secondary N) is 1. The van der Waals surface area contributed by atoms with Crippen LogP contribution in [0.1, 0.15) is 40.4 Å². The first-order chi connectivity index (χ1) is 8.00. The van der Waals surface area contributed by atoms with E-state index in [4.69, 9.17) is 4.42 Å². The molecule has 0 bridgehead atoms. The molecule has 0 saturated carbocycles. The lowest BCUT2D eigenvalue weighted by Gasteiger charge is -2.26. The molecule has 0 aromatic carbocycles. The summed E-state index contributed by atoms with van der Waals surface area (Å²) in [4.78, 5) is 0. The fourth-order valence-corrected chi connectivity index (χ4v) is 2.38. The van der Waals surface area contributed by atoms with Crippen molar-refractivity contribution in [3.8, 4) is 0 Å². The van der Waals surface area contributed by atoms with Crippen molar-refractivity contribution >= 4 is 0 Å². The third kappa shape index (κ3) is 4.95. The van der Waals surface area contributed by atoms with Crippen molar-refractivity contribution < 1.29 is 4.42 Å². The van der Waals surface area contributed by atoms with E-state index in [1.165, 1.54) is 0 Å². The van der Waals surface area contributed by atoms with Crippen LogP contribution in [0, 0.1) is 17.8 Å². The van der Waals surface area contributed by atoms with Crippen molar-refractivity contribution in [2.45, 2.75) is 47.1 Å². The monoisotopic (exact) mass is 237 g/mol. The molecule has 0 spiro atoms. The molecule has 2 nitrogen and oxygen atoms in total. The average molecular weight is 237 g/mol. The Bertz CT molecular complexity index is 282. The molecule has 98 valence electrons. The van der Waals surface area contributed by atoms with Crippen LogP contribution in [0.5, 0.6) is 0 Å². The number of hydrogen-bond donors (Lipinski definition) is 1. The van der Waals surface area contributed by atoms with Crippen LogP contribution in [0.2, 0.25) is 0 Å². The predicted octanol–water partition coefficient (Wildman–Crippen LogP) is 3.73. The van der Waals surface area contributed by atoms with Gasteiger partial charge in [-0.1, -0.05) is 27.7 Å². The van der Waals surface area contributed by atoms with Crippen molar-refractivity contribution in [1.29, 1.82) is 0 Å². The lowest BCUT2D eigenvalue weighted by molar-refractivity contribution is 0.265. The van der Waals surface area contributed by atoms with Gasteiger partial charge in [-0.15, -0.1) is 0 Å². The summed E-state index contributed by atoms with van der Waals surface area (Å²) in [6.07, 6.45) is 2.71. The quantitative estimate of drug-likeness (QED) is 0.781. The maximum atomic E-state index is 5.37. The van der Waals surface area contributed by atoms with Crippen LogP contribution in [0.25, 0.3) is 0 Å². The molecule has 0 fully saturated rings.